The maximum Gasteiger partial charge on any atom is 0.271 e. The van der Waals surface area contributed by atoms with E-state index in [4.69, 9.17) is 4.74 Å². The average Bonchev–Trinajstić information content (AvgIpc) is 2.56. The SMILES string of the molecule is CCOc1ccc(/C=N/NC(=O)c2cccc([N+](=O)[O-])c2)cc1. The second-order valence-corrected chi connectivity index (χ2v) is 4.51. The number of nitro benzene ring substituents is 1. The van der Waals surface area contributed by atoms with Gasteiger partial charge in [0.2, 0.25) is 0 Å². The molecule has 0 bridgehead atoms. The second-order valence-electron chi connectivity index (χ2n) is 4.51. The van der Waals surface area contributed by atoms with Crippen LogP contribution in [-0.4, -0.2) is 23.7 Å². The molecule has 0 fully saturated rings. The molecule has 2 aromatic carbocycles. The molecule has 1 amide bonds. The molecule has 0 aromatic heterocycles. The number of hydrazone groups is 1. The average molecular weight is 313 g/mol. The van der Waals surface area contributed by atoms with E-state index in [0.29, 0.717) is 6.61 Å². The molecule has 0 aliphatic rings. The Hall–Kier alpha value is -3.22. The second kappa shape index (κ2) is 7.69. The van der Waals surface area contributed by atoms with Crippen LogP contribution in [0.3, 0.4) is 0 Å². The van der Waals surface area contributed by atoms with Gasteiger partial charge in [-0.1, -0.05) is 6.07 Å². The Morgan fingerprint density at radius 2 is 2.04 bits per heavy atom. The quantitative estimate of drug-likeness (QED) is 0.504. The van der Waals surface area contributed by atoms with Crippen LogP contribution in [-0.2, 0) is 0 Å². The van der Waals surface area contributed by atoms with Gasteiger partial charge in [-0.25, -0.2) is 5.43 Å². The first-order valence-electron chi connectivity index (χ1n) is 6.91. The summed E-state index contributed by atoms with van der Waals surface area (Å²) in [6, 6.07) is 12.6. The standard InChI is InChI=1S/C16H15N3O4/c1-2-23-15-8-6-12(7-9-15)11-17-18-16(20)13-4-3-5-14(10-13)19(21)22/h3-11H,2H2,1H3,(H,18,20)/b17-11+. The highest BCUT2D eigenvalue weighted by atomic mass is 16.6. The highest BCUT2D eigenvalue weighted by Crippen LogP contribution is 2.13. The van der Waals surface area contributed by atoms with Crippen molar-refractivity contribution < 1.29 is 14.5 Å². The Morgan fingerprint density at radius 1 is 1.30 bits per heavy atom. The highest BCUT2D eigenvalue weighted by Gasteiger charge is 2.10. The van der Waals surface area contributed by atoms with Crippen molar-refractivity contribution in [2.75, 3.05) is 6.61 Å². The van der Waals surface area contributed by atoms with Crippen molar-refractivity contribution in [3.05, 3.63) is 69.8 Å². The van der Waals surface area contributed by atoms with E-state index in [1.807, 2.05) is 6.92 Å². The van der Waals surface area contributed by atoms with E-state index in [0.717, 1.165) is 11.3 Å². The summed E-state index contributed by atoms with van der Waals surface area (Å²) in [5, 5.41) is 14.5. The predicted octanol–water partition coefficient (Wildman–Crippen LogP) is 2.76. The van der Waals surface area contributed by atoms with Crippen LogP contribution in [0.2, 0.25) is 0 Å². The third-order valence-electron chi connectivity index (χ3n) is 2.89. The van der Waals surface area contributed by atoms with Gasteiger partial charge in [-0.3, -0.25) is 14.9 Å². The van der Waals surface area contributed by atoms with Crippen LogP contribution in [0.15, 0.2) is 53.6 Å². The van der Waals surface area contributed by atoms with Gasteiger partial charge in [0.05, 0.1) is 17.7 Å². The fourth-order valence-corrected chi connectivity index (χ4v) is 1.81. The van der Waals surface area contributed by atoms with Crippen LogP contribution >= 0.6 is 0 Å². The zero-order valence-corrected chi connectivity index (χ0v) is 12.4. The first-order valence-corrected chi connectivity index (χ1v) is 6.91. The molecule has 0 atom stereocenters. The number of amides is 1. The van der Waals surface area contributed by atoms with E-state index in [1.165, 1.54) is 30.5 Å². The van der Waals surface area contributed by atoms with Gasteiger partial charge in [0.15, 0.2) is 0 Å². The molecule has 0 saturated heterocycles. The van der Waals surface area contributed by atoms with E-state index in [2.05, 4.69) is 10.5 Å². The Bertz CT molecular complexity index is 726. The third-order valence-corrected chi connectivity index (χ3v) is 2.89. The Labute approximate surface area is 132 Å². The van der Waals surface area contributed by atoms with Gasteiger partial charge in [0, 0.05) is 17.7 Å². The summed E-state index contributed by atoms with van der Waals surface area (Å²) >= 11 is 0. The molecule has 0 aliphatic carbocycles. The zero-order chi connectivity index (χ0) is 16.7. The van der Waals surface area contributed by atoms with Crippen molar-refractivity contribution in [1.29, 1.82) is 0 Å². The van der Waals surface area contributed by atoms with Crippen molar-refractivity contribution in [2.24, 2.45) is 5.10 Å². The highest BCUT2D eigenvalue weighted by molar-refractivity contribution is 5.95. The molecule has 0 heterocycles. The number of carbonyl (C=O) groups is 1. The monoisotopic (exact) mass is 313 g/mol. The number of nitrogens with zero attached hydrogens (tertiary/aromatic N) is 2. The van der Waals surface area contributed by atoms with E-state index in [-0.39, 0.29) is 11.3 Å². The fraction of sp³-hybridized carbons (Fsp3) is 0.125. The maximum atomic E-state index is 11.9. The molecule has 1 N–H and O–H groups in total. The number of benzene rings is 2. The molecule has 2 rings (SSSR count). The minimum atomic E-state index is -0.556. The number of nitro groups is 1. The molecule has 118 valence electrons. The number of hydrogen-bond donors (Lipinski definition) is 1. The summed E-state index contributed by atoms with van der Waals surface area (Å²) < 4.78 is 5.32. The normalized spacial score (nSPS) is 10.5. The van der Waals surface area contributed by atoms with Gasteiger partial charge in [0.25, 0.3) is 11.6 Å². The summed E-state index contributed by atoms with van der Waals surface area (Å²) in [5.41, 5.74) is 3.14. The lowest BCUT2D eigenvalue weighted by Crippen LogP contribution is -2.17. The first-order chi connectivity index (χ1) is 11.1. The molecule has 0 radical (unpaired) electrons. The molecule has 23 heavy (non-hydrogen) atoms. The van der Waals surface area contributed by atoms with Crippen LogP contribution in [0.5, 0.6) is 5.75 Å². The zero-order valence-electron chi connectivity index (χ0n) is 12.4. The minimum Gasteiger partial charge on any atom is -0.494 e. The first kappa shape index (κ1) is 16.2. The van der Waals surface area contributed by atoms with Gasteiger partial charge in [-0.15, -0.1) is 0 Å². The van der Waals surface area contributed by atoms with Crippen molar-refractivity contribution >= 4 is 17.8 Å². The summed E-state index contributed by atoms with van der Waals surface area (Å²) in [4.78, 5) is 22.0. The van der Waals surface area contributed by atoms with Crippen molar-refractivity contribution in [3.8, 4) is 5.75 Å². The molecule has 7 nitrogen and oxygen atoms in total. The predicted molar refractivity (Wildman–Crippen MR) is 85.8 cm³/mol. The van der Waals surface area contributed by atoms with Crippen LogP contribution in [0, 0.1) is 10.1 Å². The Morgan fingerprint density at radius 3 is 2.70 bits per heavy atom. The Kier molecular flexibility index (Phi) is 5.40. The van der Waals surface area contributed by atoms with Gasteiger partial charge in [-0.05, 0) is 42.8 Å². The third kappa shape index (κ3) is 4.63. The lowest BCUT2D eigenvalue weighted by molar-refractivity contribution is -0.384. The summed E-state index contributed by atoms with van der Waals surface area (Å²) in [6.45, 7) is 2.49. The Balaban J connectivity index is 1.98. The number of carbonyl (C=O) groups excluding carboxylic acids is 1. The lowest BCUT2D eigenvalue weighted by Gasteiger charge is -2.02. The molecule has 0 unspecified atom stereocenters. The minimum absolute atomic E-state index is 0.145. The van der Waals surface area contributed by atoms with E-state index < -0.39 is 10.8 Å². The topological polar surface area (TPSA) is 93.8 Å². The molecule has 0 spiro atoms. The number of nitrogens with one attached hydrogen (secondary N) is 1. The van der Waals surface area contributed by atoms with Gasteiger partial charge in [0.1, 0.15) is 5.75 Å². The van der Waals surface area contributed by atoms with Crippen LogP contribution in [0.4, 0.5) is 5.69 Å². The molecular formula is C16H15N3O4. The van der Waals surface area contributed by atoms with E-state index in [1.54, 1.807) is 24.3 Å². The lowest BCUT2D eigenvalue weighted by atomic mass is 10.2. The molecule has 7 heteroatoms. The van der Waals surface area contributed by atoms with Crippen LogP contribution in [0.1, 0.15) is 22.8 Å². The molecule has 0 saturated carbocycles. The van der Waals surface area contributed by atoms with Crippen molar-refractivity contribution in [3.63, 3.8) is 0 Å². The number of non-ortho nitro benzene ring substituents is 1. The largest absolute Gasteiger partial charge is 0.494 e. The smallest absolute Gasteiger partial charge is 0.271 e. The molecule has 0 aliphatic heterocycles. The number of ether oxygens (including phenoxy) is 1. The summed E-state index contributed by atoms with van der Waals surface area (Å²) in [5.74, 6) is 0.237. The summed E-state index contributed by atoms with van der Waals surface area (Å²) in [7, 11) is 0. The molecular weight excluding hydrogens is 298 g/mol. The van der Waals surface area contributed by atoms with Gasteiger partial charge >= 0.3 is 0 Å². The number of hydrogen-bond acceptors (Lipinski definition) is 5. The van der Waals surface area contributed by atoms with Crippen LogP contribution < -0.4 is 10.2 Å². The van der Waals surface area contributed by atoms with E-state index in [9.17, 15) is 14.9 Å². The van der Waals surface area contributed by atoms with Crippen LogP contribution in [0.25, 0.3) is 0 Å². The summed E-state index contributed by atoms with van der Waals surface area (Å²) in [6.07, 6.45) is 1.48. The van der Waals surface area contributed by atoms with Crippen molar-refractivity contribution in [2.45, 2.75) is 6.92 Å². The van der Waals surface area contributed by atoms with Crippen molar-refractivity contribution in [1.82, 2.24) is 5.43 Å². The van der Waals surface area contributed by atoms with Gasteiger partial charge < -0.3 is 4.74 Å². The maximum absolute atomic E-state index is 11.9. The van der Waals surface area contributed by atoms with E-state index >= 15 is 0 Å². The molecule has 2 aromatic rings. The fourth-order valence-electron chi connectivity index (χ4n) is 1.81. The van der Waals surface area contributed by atoms with Gasteiger partial charge in [-0.2, -0.15) is 5.10 Å². The number of rotatable bonds is 6.